The van der Waals surface area contributed by atoms with Gasteiger partial charge in [0.05, 0.1) is 12.2 Å². The van der Waals surface area contributed by atoms with Crippen LogP contribution in [-0.4, -0.2) is 12.4 Å². The first-order valence-corrected chi connectivity index (χ1v) is 6.50. The average Bonchev–Trinajstić information content (AvgIpc) is 2.48. The highest BCUT2D eigenvalue weighted by atomic mass is 19.1. The third-order valence-corrected chi connectivity index (χ3v) is 3.41. The number of carbonyl (C=O) groups excluding carboxylic acids is 1. The minimum Gasteiger partial charge on any atom is -0.493 e. The zero-order valence-corrected chi connectivity index (χ0v) is 10.9. The molecule has 4 heteroatoms. The summed E-state index contributed by atoms with van der Waals surface area (Å²) in [6.45, 7) is 0.699. The van der Waals surface area contributed by atoms with Gasteiger partial charge in [-0.1, -0.05) is 0 Å². The summed E-state index contributed by atoms with van der Waals surface area (Å²) in [6, 6.07) is 9.23. The van der Waals surface area contributed by atoms with E-state index in [0.717, 1.165) is 24.2 Å². The summed E-state index contributed by atoms with van der Waals surface area (Å²) in [5, 5.41) is 0. The molecule has 1 aliphatic heterocycles. The summed E-state index contributed by atoms with van der Waals surface area (Å²) in [5.41, 5.74) is 7.44. The minimum atomic E-state index is -0.557. The molecule has 0 radical (unpaired) electrons. The van der Waals surface area contributed by atoms with E-state index in [2.05, 4.69) is 0 Å². The van der Waals surface area contributed by atoms with Crippen LogP contribution in [0.5, 0.6) is 5.75 Å². The Kier molecular flexibility index (Phi) is 3.14. The Morgan fingerprint density at radius 1 is 1.20 bits per heavy atom. The molecular weight excluding hydrogens is 257 g/mol. The SMILES string of the molecule is Nc1ccc(F)c(C(=O)c2ccc3c(c2)CCCO3)c1. The number of nitrogen functional groups attached to an aromatic ring is 1. The number of halogens is 1. The summed E-state index contributed by atoms with van der Waals surface area (Å²) in [7, 11) is 0. The van der Waals surface area contributed by atoms with Crippen LogP contribution in [0.4, 0.5) is 10.1 Å². The molecule has 0 saturated carbocycles. The van der Waals surface area contributed by atoms with Crippen LogP contribution in [0.1, 0.15) is 27.9 Å². The lowest BCUT2D eigenvalue weighted by molar-refractivity contribution is 0.103. The van der Waals surface area contributed by atoms with Crippen molar-refractivity contribution in [1.29, 1.82) is 0 Å². The fourth-order valence-electron chi connectivity index (χ4n) is 2.37. The fraction of sp³-hybridized carbons (Fsp3) is 0.188. The standard InChI is InChI=1S/C16H14FNO2/c17-14-5-4-12(18)9-13(14)16(19)11-3-6-15-10(8-11)2-1-7-20-15/h3-6,8-9H,1-2,7,18H2. The van der Waals surface area contributed by atoms with Gasteiger partial charge in [0.2, 0.25) is 0 Å². The average molecular weight is 271 g/mol. The maximum Gasteiger partial charge on any atom is 0.196 e. The largest absolute Gasteiger partial charge is 0.493 e. The number of hydrogen-bond acceptors (Lipinski definition) is 3. The first-order valence-electron chi connectivity index (χ1n) is 6.50. The Bertz CT molecular complexity index is 682. The van der Waals surface area contributed by atoms with Gasteiger partial charge < -0.3 is 10.5 Å². The van der Waals surface area contributed by atoms with Crippen molar-refractivity contribution in [2.45, 2.75) is 12.8 Å². The second-order valence-corrected chi connectivity index (χ2v) is 4.84. The maximum absolute atomic E-state index is 13.7. The number of rotatable bonds is 2. The molecule has 0 amide bonds. The van der Waals surface area contributed by atoms with Crippen molar-refractivity contribution in [2.24, 2.45) is 0 Å². The number of carbonyl (C=O) groups is 1. The van der Waals surface area contributed by atoms with E-state index in [1.165, 1.54) is 18.2 Å². The molecular formula is C16H14FNO2. The lowest BCUT2D eigenvalue weighted by atomic mass is 9.97. The monoisotopic (exact) mass is 271 g/mol. The van der Waals surface area contributed by atoms with Gasteiger partial charge in [-0.15, -0.1) is 0 Å². The van der Waals surface area contributed by atoms with Gasteiger partial charge in [-0.05, 0) is 54.8 Å². The molecule has 3 rings (SSSR count). The first-order chi connectivity index (χ1) is 9.65. The van der Waals surface area contributed by atoms with Crippen molar-refractivity contribution < 1.29 is 13.9 Å². The van der Waals surface area contributed by atoms with E-state index >= 15 is 0 Å². The van der Waals surface area contributed by atoms with E-state index in [9.17, 15) is 9.18 Å². The van der Waals surface area contributed by atoms with Crippen molar-refractivity contribution in [2.75, 3.05) is 12.3 Å². The van der Waals surface area contributed by atoms with E-state index in [1.54, 1.807) is 18.2 Å². The molecule has 2 aromatic carbocycles. The van der Waals surface area contributed by atoms with Gasteiger partial charge in [0.1, 0.15) is 11.6 Å². The van der Waals surface area contributed by atoms with Crippen molar-refractivity contribution >= 4 is 11.5 Å². The Morgan fingerprint density at radius 3 is 2.90 bits per heavy atom. The lowest BCUT2D eigenvalue weighted by Gasteiger charge is -2.17. The van der Waals surface area contributed by atoms with Crippen molar-refractivity contribution in [3.8, 4) is 5.75 Å². The highest BCUT2D eigenvalue weighted by Crippen LogP contribution is 2.27. The minimum absolute atomic E-state index is 0.00155. The van der Waals surface area contributed by atoms with Gasteiger partial charge >= 0.3 is 0 Å². The molecule has 1 heterocycles. The normalized spacial score (nSPS) is 13.4. The molecule has 0 aliphatic carbocycles. The highest BCUT2D eigenvalue weighted by Gasteiger charge is 2.17. The van der Waals surface area contributed by atoms with Crippen LogP contribution < -0.4 is 10.5 Å². The van der Waals surface area contributed by atoms with E-state index in [1.807, 2.05) is 0 Å². The third kappa shape index (κ3) is 2.25. The fourth-order valence-corrected chi connectivity index (χ4v) is 2.37. The molecule has 0 spiro atoms. The summed E-state index contributed by atoms with van der Waals surface area (Å²) >= 11 is 0. The number of fused-ring (bicyclic) bond motifs is 1. The second-order valence-electron chi connectivity index (χ2n) is 4.84. The molecule has 0 aromatic heterocycles. The molecule has 2 N–H and O–H groups in total. The zero-order valence-electron chi connectivity index (χ0n) is 10.9. The van der Waals surface area contributed by atoms with Crippen LogP contribution in [-0.2, 0) is 6.42 Å². The van der Waals surface area contributed by atoms with Gasteiger partial charge in [0, 0.05) is 11.3 Å². The van der Waals surface area contributed by atoms with E-state index in [-0.39, 0.29) is 11.3 Å². The van der Waals surface area contributed by atoms with Crippen LogP contribution in [0.25, 0.3) is 0 Å². The van der Waals surface area contributed by atoms with Gasteiger partial charge in [-0.25, -0.2) is 4.39 Å². The van der Waals surface area contributed by atoms with Crippen molar-refractivity contribution in [1.82, 2.24) is 0 Å². The molecule has 3 nitrogen and oxygen atoms in total. The van der Waals surface area contributed by atoms with Crippen LogP contribution in [0.3, 0.4) is 0 Å². The predicted molar refractivity (Wildman–Crippen MR) is 74.5 cm³/mol. The topological polar surface area (TPSA) is 52.3 Å². The van der Waals surface area contributed by atoms with Crippen molar-refractivity contribution in [3.63, 3.8) is 0 Å². The van der Waals surface area contributed by atoms with Crippen LogP contribution >= 0.6 is 0 Å². The van der Waals surface area contributed by atoms with Crippen LogP contribution in [0.15, 0.2) is 36.4 Å². The summed E-state index contributed by atoms with van der Waals surface area (Å²) in [6.07, 6.45) is 1.80. The van der Waals surface area contributed by atoms with E-state index in [0.29, 0.717) is 17.9 Å². The Morgan fingerprint density at radius 2 is 2.05 bits per heavy atom. The van der Waals surface area contributed by atoms with Gasteiger partial charge in [0.25, 0.3) is 0 Å². The third-order valence-electron chi connectivity index (χ3n) is 3.41. The molecule has 20 heavy (non-hydrogen) atoms. The Hall–Kier alpha value is -2.36. The van der Waals surface area contributed by atoms with E-state index < -0.39 is 5.82 Å². The number of hydrogen-bond donors (Lipinski definition) is 1. The predicted octanol–water partition coefficient (Wildman–Crippen LogP) is 2.96. The van der Waals surface area contributed by atoms with Crippen molar-refractivity contribution in [3.05, 3.63) is 58.9 Å². The van der Waals surface area contributed by atoms with Gasteiger partial charge in [0.15, 0.2) is 5.78 Å². The van der Waals surface area contributed by atoms with Gasteiger partial charge in [-0.2, -0.15) is 0 Å². The molecule has 0 fully saturated rings. The maximum atomic E-state index is 13.7. The summed E-state index contributed by atoms with van der Waals surface area (Å²) < 4.78 is 19.2. The number of nitrogens with two attached hydrogens (primary N) is 1. The van der Waals surface area contributed by atoms with E-state index in [4.69, 9.17) is 10.5 Å². The first kappa shape index (κ1) is 12.7. The molecule has 0 saturated heterocycles. The Balaban J connectivity index is 2.00. The highest BCUT2D eigenvalue weighted by molar-refractivity contribution is 6.09. The Labute approximate surface area is 116 Å². The molecule has 0 unspecified atom stereocenters. The second kappa shape index (κ2) is 4.96. The van der Waals surface area contributed by atoms with Crippen LogP contribution in [0.2, 0.25) is 0 Å². The molecule has 0 atom stereocenters. The molecule has 2 aromatic rings. The lowest BCUT2D eigenvalue weighted by Crippen LogP contribution is -2.11. The summed E-state index contributed by atoms with van der Waals surface area (Å²) in [4.78, 5) is 12.4. The summed E-state index contributed by atoms with van der Waals surface area (Å²) in [5.74, 6) is -0.109. The van der Waals surface area contributed by atoms with Crippen LogP contribution in [0, 0.1) is 5.82 Å². The smallest absolute Gasteiger partial charge is 0.196 e. The molecule has 0 bridgehead atoms. The number of ketones is 1. The zero-order chi connectivity index (χ0) is 14.1. The molecule has 102 valence electrons. The number of aryl methyl sites for hydroxylation is 1. The number of ether oxygens (including phenoxy) is 1. The number of anilines is 1. The van der Waals surface area contributed by atoms with Gasteiger partial charge in [-0.3, -0.25) is 4.79 Å². The number of benzene rings is 2. The molecule has 1 aliphatic rings. The quantitative estimate of drug-likeness (QED) is 0.675.